The molecule has 2 aliphatic rings. The second-order valence-corrected chi connectivity index (χ2v) is 5.80. The second-order valence-electron chi connectivity index (χ2n) is 5.80. The first kappa shape index (κ1) is 12.4. The van der Waals surface area contributed by atoms with Gasteiger partial charge in [0.15, 0.2) is 0 Å². The highest BCUT2D eigenvalue weighted by Crippen LogP contribution is 2.64. The minimum atomic E-state index is -2.81. The van der Waals surface area contributed by atoms with Crippen molar-refractivity contribution in [2.45, 2.75) is 44.1 Å². The summed E-state index contributed by atoms with van der Waals surface area (Å²) in [6, 6.07) is 8.95. The van der Waals surface area contributed by atoms with Crippen LogP contribution in [0.1, 0.15) is 37.7 Å². The van der Waals surface area contributed by atoms with E-state index in [0.29, 0.717) is 5.41 Å². The molecule has 0 heterocycles. The van der Waals surface area contributed by atoms with E-state index >= 15 is 0 Å². The molecule has 0 aromatic heterocycles. The summed E-state index contributed by atoms with van der Waals surface area (Å²) >= 11 is 0. The van der Waals surface area contributed by atoms with E-state index < -0.39 is 12.0 Å². The van der Waals surface area contributed by atoms with Gasteiger partial charge in [0, 0.05) is 0 Å². The van der Waals surface area contributed by atoms with Crippen molar-refractivity contribution >= 4 is 0 Å². The molecule has 2 aliphatic carbocycles. The maximum Gasteiger partial charge on any atom is 0.387 e. The van der Waals surface area contributed by atoms with Crippen molar-refractivity contribution in [3.63, 3.8) is 0 Å². The Morgan fingerprint density at radius 3 is 2.21 bits per heavy atom. The number of nitrogens with zero attached hydrogens (tertiary/aromatic N) is 1. The Hall–Kier alpha value is -1.63. The van der Waals surface area contributed by atoms with Crippen LogP contribution >= 0.6 is 0 Å². The van der Waals surface area contributed by atoms with E-state index in [1.165, 1.54) is 31.4 Å². The molecule has 0 amide bonds. The average molecular weight is 263 g/mol. The highest BCUT2D eigenvalue weighted by molar-refractivity contribution is 5.41. The van der Waals surface area contributed by atoms with Crippen LogP contribution in [0.5, 0.6) is 5.75 Å². The van der Waals surface area contributed by atoms with E-state index in [2.05, 4.69) is 10.8 Å². The monoisotopic (exact) mass is 263 g/mol. The standard InChI is InChI=1S/C15H15F2NO/c16-13(17)19-12-4-2-11(3-5-12)15(10-18)8-14(9-15)6-1-7-14/h2-5,13H,1,6-9H2. The number of halogens is 2. The molecule has 0 N–H and O–H groups in total. The van der Waals surface area contributed by atoms with Crippen molar-refractivity contribution in [3.05, 3.63) is 29.8 Å². The minimum absolute atomic E-state index is 0.143. The third-order valence-electron chi connectivity index (χ3n) is 4.61. The van der Waals surface area contributed by atoms with Gasteiger partial charge < -0.3 is 4.74 Å². The van der Waals surface area contributed by atoms with Crippen molar-refractivity contribution in [2.75, 3.05) is 0 Å². The summed E-state index contributed by atoms with van der Waals surface area (Å²) < 4.78 is 28.5. The third kappa shape index (κ3) is 1.98. The van der Waals surface area contributed by atoms with Gasteiger partial charge in [-0.25, -0.2) is 0 Å². The van der Waals surface area contributed by atoms with Crippen molar-refractivity contribution in [2.24, 2.45) is 5.41 Å². The van der Waals surface area contributed by atoms with Crippen LogP contribution in [-0.4, -0.2) is 6.61 Å². The topological polar surface area (TPSA) is 33.0 Å². The Bertz CT molecular complexity index is 506. The fourth-order valence-electron chi connectivity index (χ4n) is 3.56. The van der Waals surface area contributed by atoms with Gasteiger partial charge in [0.05, 0.1) is 11.5 Å². The van der Waals surface area contributed by atoms with Gasteiger partial charge in [-0.05, 0) is 48.8 Å². The highest BCUT2D eigenvalue weighted by Gasteiger charge is 2.58. The number of benzene rings is 1. The zero-order valence-electron chi connectivity index (χ0n) is 10.5. The zero-order chi connectivity index (χ0) is 13.5. The van der Waals surface area contributed by atoms with Crippen LogP contribution in [0.2, 0.25) is 0 Å². The number of ether oxygens (including phenoxy) is 1. The molecule has 100 valence electrons. The summed E-state index contributed by atoms with van der Waals surface area (Å²) in [7, 11) is 0. The first-order valence-corrected chi connectivity index (χ1v) is 6.54. The molecule has 0 aliphatic heterocycles. The molecule has 2 nitrogen and oxygen atoms in total. The average Bonchev–Trinajstić information content (AvgIpc) is 2.28. The molecule has 0 saturated heterocycles. The number of nitriles is 1. The number of hydrogen-bond donors (Lipinski definition) is 0. The van der Waals surface area contributed by atoms with Crippen molar-refractivity contribution in [3.8, 4) is 11.8 Å². The molecule has 2 fully saturated rings. The van der Waals surface area contributed by atoms with E-state index in [9.17, 15) is 14.0 Å². The van der Waals surface area contributed by atoms with Crippen LogP contribution in [0.3, 0.4) is 0 Å². The van der Waals surface area contributed by atoms with Gasteiger partial charge in [-0.3, -0.25) is 0 Å². The van der Waals surface area contributed by atoms with Crippen LogP contribution < -0.4 is 4.74 Å². The lowest BCUT2D eigenvalue weighted by Gasteiger charge is -2.58. The molecule has 3 rings (SSSR count). The Morgan fingerprint density at radius 1 is 1.16 bits per heavy atom. The quantitative estimate of drug-likeness (QED) is 0.825. The lowest BCUT2D eigenvalue weighted by Crippen LogP contribution is -2.52. The van der Waals surface area contributed by atoms with Gasteiger partial charge in [-0.1, -0.05) is 18.6 Å². The molecule has 1 aromatic carbocycles. The molecule has 19 heavy (non-hydrogen) atoms. The molecule has 0 atom stereocenters. The van der Waals surface area contributed by atoms with Crippen molar-refractivity contribution in [1.29, 1.82) is 5.26 Å². The minimum Gasteiger partial charge on any atom is -0.435 e. The first-order chi connectivity index (χ1) is 9.07. The van der Waals surface area contributed by atoms with Gasteiger partial charge in [-0.15, -0.1) is 0 Å². The van der Waals surface area contributed by atoms with E-state index in [0.717, 1.165) is 18.4 Å². The molecule has 2 saturated carbocycles. The van der Waals surface area contributed by atoms with Gasteiger partial charge in [0.25, 0.3) is 0 Å². The summed E-state index contributed by atoms with van der Waals surface area (Å²) in [6.07, 6.45) is 5.53. The van der Waals surface area contributed by atoms with E-state index in [1.54, 1.807) is 12.1 Å². The molecule has 1 aromatic rings. The van der Waals surface area contributed by atoms with E-state index in [1.807, 2.05) is 0 Å². The number of hydrogen-bond acceptors (Lipinski definition) is 2. The molecule has 0 bridgehead atoms. The third-order valence-corrected chi connectivity index (χ3v) is 4.61. The van der Waals surface area contributed by atoms with Crippen molar-refractivity contribution < 1.29 is 13.5 Å². The van der Waals surface area contributed by atoms with Crippen LogP contribution in [0.15, 0.2) is 24.3 Å². The molecule has 1 spiro atoms. The summed E-state index contributed by atoms with van der Waals surface area (Å²) in [5, 5.41) is 9.46. The molecular formula is C15H15F2NO. The van der Waals surface area contributed by atoms with E-state index in [-0.39, 0.29) is 5.75 Å². The summed E-state index contributed by atoms with van der Waals surface area (Å²) in [6.45, 7) is -2.81. The predicted octanol–water partition coefficient (Wildman–Crippen LogP) is 4.01. The van der Waals surface area contributed by atoms with Crippen LogP contribution in [0.4, 0.5) is 8.78 Å². The SMILES string of the molecule is N#CC1(c2ccc(OC(F)F)cc2)CC2(CCC2)C1. The fraction of sp³-hybridized carbons (Fsp3) is 0.533. The van der Waals surface area contributed by atoms with Gasteiger partial charge in [-0.2, -0.15) is 14.0 Å². The number of alkyl halides is 2. The highest BCUT2D eigenvalue weighted by atomic mass is 19.3. The molecule has 0 radical (unpaired) electrons. The first-order valence-electron chi connectivity index (χ1n) is 6.54. The smallest absolute Gasteiger partial charge is 0.387 e. The lowest BCUT2D eigenvalue weighted by molar-refractivity contribution is -0.0499. The normalized spacial score (nSPS) is 22.4. The fourth-order valence-corrected chi connectivity index (χ4v) is 3.56. The lowest BCUT2D eigenvalue weighted by atomic mass is 9.44. The summed E-state index contributed by atoms with van der Waals surface area (Å²) in [5.41, 5.74) is 0.909. The van der Waals surface area contributed by atoms with Crippen molar-refractivity contribution in [1.82, 2.24) is 0 Å². The predicted molar refractivity (Wildman–Crippen MR) is 65.9 cm³/mol. The van der Waals surface area contributed by atoms with E-state index in [4.69, 9.17) is 0 Å². The maximum atomic E-state index is 12.1. The van der Waals surface area contributed by atoms with Gasteiger partial charge in [0.1, 0.15) is 5.75 Å². The zero-order valence-corrected chi connectivity index (χ0v) is 10.5. The van der Waals surface area contributed by atoms with Gasteiger partial charge >= 0.3 is 6.61 Å². The van der Waals surface area contributed by atoms with Crippen LogP contribution in [-0.2, 0) is 5.41 Å². The van der Waals surface area contributed by atoms with Crippen LogP contribution in [0.25, 0.3) is 0 Å². The molecule has 0 unspecified atom stereocenters. The summed E-state index contributed by atoms with van der Waals surface area (Å²) in [5.74, 6) is 0.143. The Morgan fingerprint density at radius 2 is 1.79 bits per heavy atom. The largest absolute Gasteiger partial charge is 0.435 e. The second kappa shape index (κ2) is 4.19. The molecule has 4 heteroatoms. The molecular weight excluding hydrogens is 248 g/mol. The van der Waals surface area contributed by atoms with Crippen LogP contribution in [0, 0.1) is 16.7 Å². The Kier molecular flexibility index (Phi) is 2.74. The maximum absolute atomic E-state index is 12.1. The van der Waals surface area contributed by atoms with Gasteiger partial charge in [0.2, 0.25) is 0 Å². The number of rotatable bonds is 3. The summed E-state index contributed by atoms with van der Waals surface area (Å²) in [4.78, 5) is 0. The Balaban J connectivity index is 1.76. The Labute approximate surface area is 111 Å².